The van der Waals surface area contributed by atoms with Gasteiger partial charge in [-0.2, -0.15) is 5.10 Å². The van der Waals surface area contributed by atoms with Crippen molar-refractivity contribution in [1.29, 1.82) is 0 Å². The fourth-order valence-electron chi connectivity index (χ4n) is 3.51. The molecule has 0 fully saturated rings. The molecule has 23 heavy (non-hydrogen) atoms. The second-order valence-corrected chi connectivity index (χ2v) is 6.07. The van der Waals surface area contributed by atoms with E-state index in [0.717, 1.165) is 22.7 Å². The van der Waals surface area contributed by atoms with Crippen LogP contribution >= 0.6 is 0 Å². The Kier molecular flexibility index (Phi) is 4.12. The van der Waals surface area contributed by atoms with Crippen molar-refractivity contribution in [3.05, 3.63) is 46.0 Å². The maximum atomic E-state index is 14.4. The predicted octanol–water partition coefficient (Wildman–Crippen LogP) is 2.20. The SMILES string of the molecule is COc1ccc(F)c2c1CN(Cc1c(C)nn(C)c1C)C2CN. The van der Waals surface area contributed by atoms with Crippen LogP contribution in [-0.2, 0) is 20.1 Å². The van der Waals surface area contributed by atoms with Crippen LogP contribution in [0.15, 0.2) is 12.1 Å². The lowest BCUT2D eigenvalue weighted by atomic mass is 10.0. The molecule has 1 aliphatic heterocycles. The minimum atomic E-state index is -0.210. The molecular formula is C17H23FN4O. The molecule has 1 aromatic carbocycles. The highest BCUT2D eigenvalue weighted by atomic mass is 19.1. The maximum absolute atomic E-state index is 14.4. The Labute approximate surface area is 135 Å². The summed E-state index contributed by atoms with van der Waals surface area (Å²) in [4.78, 5) is 2.20. The maximum Gasteiger partial charge on any atom is 0.128 e. The quantitative estimate of drug-likeness (QED) is 0.939. The number of nitrogens with zero attached hydrogens (tertiary/aromatic N) is 3. The third-order valence-electron chi connectivity index (χ3n) is 4.86. The van der Waals surface area contributed by atoms with Crippen molar-refractivity contribution in [2.75, 3.05) is 13.7 Å². The Morgan fingerprint density at radius 2 is 2.13 bits per heavy atom. The number of halogens is 1. The molecule has 0 bridgehead atoms. The number of benzene rings is 1. The minimum Gasteiger partial charge on any atom is -0.496 e. The van der Waals surface area contributed by atoms with Gasteiger partial charge in [-0.05, 0) is 26.0 Å². The number of hydrogen-bond donors (Lipinski definition) is 1. The number of fused-ring (bicyclic) bond motifs is 1. The molecule has 1 aliphatic rings. The summed E-state index contributed by atoms with van der Waals surface area (Å²) in [5, 5.41) is 4.46. The largest absolute Gasteiger partial charge is 0.496 e. The number of methoxy groups -OCH3 is 1. The highest BCUT2D eigenvalue weighted by Gasteiger charge is 2.34. The first-order valence-electron chi connectivity index (χ1n) is 7.76. The van der Waals surface area contributed by atoms with Crippen LogP contribution in [0, 0.1) is 19.7 Å². The molecule has 0 saturated carbocycles. The number of aryl methyl sites for hydroxylation is 2. The van der Waals surface area contributed by atoms with Crippen LogP contribution in [0.2, 0.25) is 0 Å². The van der Waals surface area contributed by atoms with Crippen LogP contribution in [0.25, 0.3) is 0 Å². The van der Waals surface area contributed by atoms with Crippen molar-refractivity contribution < 1.29 is 9.13 Å². The molecule has 1 aromatic heterocycles. The van der Waals surface area contributed by atoms with Gasteiger partial charge >= 0.3 is 0 Å². The van der Waals surface area contributed by atoms with Gasteiger partial charge in [0.15, 0.2) is 0 Å². The molecule has 6 heteroatoms. The fourth-order valence-corrected chi connectivity index (χ4v) is 3.51. The third-order valence-corrected chi connectivity index (χ3v) is 4.86. The van der Waals surface area contributed by atoms with Gasteiger partial charge in [-0.15, -0.1) is 0 Å². The van der Waals surface area contributed by atoms with Crippen molar-refractivity contribution in [3.63, 3.8) is 0 Å². The monoisotopic (exact) mass is 318 g/mol. The molecule has 0 amide bonds. The van der Waals surface area contributed by atoms with Gasteiger partial charge in [-0.1, -0.05) is 0 Å². The lowest BCUT2D eigenvalue weighted by Gasteiger charge is -2.24. The lowest BCUT2D eigenvalue weighted by molar-refractivity contribution is 0.207. The molecule has 2 N–H and O–H groups in total. The molecule has 5 nitrogen and oxygen atoms in total. The van der Waals surface area contributed by atoms with E-state index >= 15 is 0 Å². The molecule has 124 valence electrons. The van der Waals surface area contributed by atoms with E-state index in [2.05, 4.69) is 16.9 Å². The van der Waals surface area contributed by atoms with Gasteiger partial charge in [0.1, 0.15) is 11.6 Å². The summed E-state index contributed by atoms with van der Waals surface area (Å²) in [6.45, 7) is 5.76. The molecule has 0 radical (unpaired) electrons. The van der Waals surface area contributed by atoms with E-state index in [-0.39, 0.29) is 11.9 Å². The van der Waals surface area contributed by atoms with Gasteiger partial charge < -0.3 is 10.5 Å². The van der Waals surface area contributed by atoms with Crippen molar-refractivity contribution in [3.8, 4) is 5.75 Å². The van der Waals surface area contributed by atoms with Crippen molar-refractivity contribution in [2.24, 2.45) is 12.8 Å². The molecule has 0 aliphatic carbocycles. The van der Waals surface area contributed by atoms with E-state index in [1.807, 2.05) is 18.7 Å². The van der Waals surface area contributed by atoms with Crippen LogP contribution in [0.3, 0.4) is 0 Å². The Hall–Kier alpha value is -1.92. The summed E-state index contributed by atoms with van der Waals surface area (Å²) in [5.74, 6) is 0.514. The molecule has 2 heterocycles. The zero-order chi connectivity index (χ0) is 16.7. The van der Waals surface area contributed by atoms with Crippen molar-refractivity contribution >= 4 is 0 Å². The number of hydrogen-bond acceptors (Lipinski definition) is 4. The summed E-state index contributed by atoms with van der Waals surface area (Å²) < 4.78 is 21.7. The van der Waals surface area contributed by atoms with Crippen LogP contribution in [-0.4, -0.2) is 28.3 Å². The minimum absolute atomic E-state index is 0.140. The Morgan fingerprint density at radius 1 is 1.39 bits per heavy atom. The van der Waals surface area contributed by atoms with Crippen LogP contribution < -0.4 is 10.5 Å². The first kappa shape index (κ1) is 16.0. The van der Waals surface area contributed by atoms with Crippen molar-refractivity contribution in [1.82, 2.24) is 14.7 Å². The fraction of sp³-hybridized carbons (Fsp3) is 0.471. The van der Waals surface area contributed by atoms with Crippen molar-refractivity contribution in [2.45, 2.75) is 33.0 Å². The third kappa shape index (κ3) is 2.52. The van der Waals surface area contributed by atoms with Gasteiger partial charge in [0.25, 0.3) is 0 Å². The summed E-state index contributed by atoms with van der Waals surface area (Å²) in [5.41, 5.74) is 10.9. The van der Waals surface area contributed by atoms with E-state index in [4.69, 9.17) is 10.5 Å². The normalized spacial score (nSPS) is 17.6. The first-order valence-corrected chi connectivity index (χ1v) is 7.76. The van der Waals surface area contributed by atoms with E-state index in [0.29, 0.717) is 25.2 Å². The molecule has 1 atom stereocenters. The van der Waals surface area contributed by atoms with Gasteiger partial charge in [-0.25, -0.2) is 4.39 Å². The van der Waals surface area contributed by atoms with Gasteiger partial charge in [0.05, 0.1) is 18.8 Å². The second kappa shape index (κ2) is 5.94. The zero-order valence-electron chi connectivity index (χ0n) is 14.1. The average Bonchev–Trinajstić information content (AvgIpc) is 3.01. The molecule has 3 rings (SSSR count). The summed E-state index contributed by atoms with van der Waals surface area (Å²) in [6.07, 6.45) is 0. The van der Waals surface area contributed by atoms with E-state index < -0.39 is 0 Å². The first-order chi connectivity index (χ1) is 11.0. The molecule has 0 saturated heterocycles. The molecule has 2 aromatic rings. The molecule has 0 spiro atoms. The summed E-state index contributed by atoms with van der Waals surface area (Å²) >= 11 is 0. The smallest absolute Gasteiger partial charge is 0.128 e. The highest BCUT2D eigenvalue weighted by Crippen LogP contribution is 2.40. The van der Waals surface area contributed by atoms with E-state index in [1.165, 1.54) is 11.6 Å². The van der Waals surface area contributed by atoms with Crippen LogP contribution in [0.4, 0.5) is 4.39 Å². The lowest BCUT2D eigenvalue weighted by Crippen LogP contribution is -2.28. The Bertz CT molecular complexity index is 741. The molecular weight excluding hydrogens is 295 g/mol. The van der Waals surface area contributed by atoms with E-state index in [1.54, 1.807) is 13.2 Å². The van der Waals surface area contributed by atoms with Crippen LogP contribution in [0.1, 0.15) is 34.1 Å². The van der Waals surface area contributed by atoms with E-state index in [9.17, 15) is 4.39 Å². The number of ether oxygens (including phenoxy) is 1. The van der Waals surface area contributed by atoms with Gasteiger partial charge in [-0.3, -0.25) is 9.58 Å². The predicted molar refractivity (Wildman–Crippen MR) is 86.7 cm³/mol. The standard InChI is InChI=1S/C17H23FN4O/c1-10-12(11(2)21(3)20-10)8-22-9-13-16(23-4)6-5-14(18)17(13)15(22)7-19/h5-6,15H,7-9,19H2,1-4H3. The topological polar surface area (TPSA) is 56.3 Å². The highest BCUT2D eigenvalue weighted by molar-refractivity contribution is 5.46. The summed E-state index contributed by atoms with van der Waals surface area (Å²) in [6, 6.07) is 3.01. The van der Waals surface area contributed by atoms with Crippen LogP contribution in [0.5, 0.6) is 5.75 Å². The summed E-state index contributed by atoms with van der Waals surface area (Å²) in [7, 11) is 3.55. The number of nitrogens with two attached hydrogens (primary N) is 1. The zero-order valence-corrected chi connectivity index (χ0v) is 14.1. The number of aromatic nitrogens is 2. The Morgan fingerprint density at radius 3 is 2.70 bits per heavy atom. The second-order valence-electron chi connectivity index (χ2n) is 6.07. The van der Waals surface area contributed by atoms with Gasteiger partial charge in [0, 0.05) is 49.1 Å². The average molecular weight is 318 g/mol. The van der Waals surface area contributed by atoms with Gasteiger partial charge in [0.2, 0.25) is 0 Å². The Balaban J connectivity index is 1.98. The molecule has 1 unspecified atom stereocenters. The number of rotatable bonds is 4.